The number of aliphatic hydroxyl groups is 1. The SMILES string of the molecule is COCc1cccc(C(=O)N2C[C@H](O)C[C@H]2c2ccc(F)cc2)c1. The minimum atomic E-state index is -0.578. The van der Waals surface area contributed by atoms with Crippen molar-refractivity contribution in [1.82, 2.24) is 4.90 Å². The summed E-state index contributed by atoms with van der Waals surface area (Å²) in [6.45, 7) is 0.709. The minimum Gasteiger partial charge on any atom is -0.391 e. The van der Waals surface area contributed by atoms with Crippen LogP contribution in [0.3, 0.4) is 0 Å². The van der Waals surface area contributed by atoms with E-state index in [9.17, 15) is 14.3 Å². The molecule has 24 heavy (non-hydrogen) atoms. The van der Waals surface area contributed by atoms with Gasteiger partial charge in [0.15, 0.2) is 0 Å². The molecule has 1 heterocycles. The lowest BCUT2D eigenvalue weighted by Crippen LogP contribution is -2.31. The van der Waals surface area contributed by atoms with Crippen molar-refractivity contribution in [2.45, 2.75) is 25.2 Å². The molecule has 1 aliphatic heterocycles. The zero-order valence-corrected chi connectivity index (χ0v) is 13.5. The number of carbonyl (C=O) groups is 1. The fourth-order valence-electron chi connectivity index (χ4n) is 3.17. The molecule has 1 amide bonds. The predicted octanol–water partition coefficient (Wildman–Crippen LogP) is 2.92. The Kier molecular flexibility index (Phi) is 4.92. The molecule has 1 aliphatic rings. The van der Waals surface area contributed by atoms with Crippen molar-refractivity contribution < 1.29 is 19.0 Å². The van der Waals surface area contributed by atoms with Crippen molar-refractivity contribution in [2.24, 2.45) is 0 Å². The summed E-state index contributed by atoms with van der Waals surface area (Å²) in [5.41, 5.74) is 2.31. The van der Waals surface area contributed by atoms with E-state index in [0.717, 1.165) is 11.1 Å². The van der Waals surface area contributed by atoms with Crippen LogP contribution >= 0.6 is 0 Å². The third-order valence-electron chi connectivity index (χ3n) is 4.28. The number of aliphatic hydroxyl groups excluding tert-OH is 1. The van der Waals surface area contributed by atoms with Crippen molar-refractivity contribution in [3.05, 3.63) is 71.0 Å². The fraction of sp³-hybridized carbons (Fsp3) is 0.316. The lowest BCUT2D eigenvalue weighted by Gasteiger charge is -2.25. The van der Waals surface area contributed by atoms with Gasteiger partial charge in [-0.1, -0.05) is 24.3 Å². The average molecular weight is 329 g/mol. The lowest BCUT2D eigenvalue weighted by molar-refractivity contribution is 0.0715. The van der Waals surface area contributed by atoms with Crippen LogP contribution in [0.2, 0.25) is 0 Å². The zero-order valence-electron chi connectivity index (χ0n) is 13.5. The van der Waals surface area contributed by atoms with E-state index in [1.807, 2.05) is 12.1 Å². The quantitative estimate of drug-likeness (QED) is 0.938. The van der Waals surface area contributed by atoms with Gasteiger partial charge in [-0.25, -0.2) is 4.39 Å². The number of nitrogens with zero attached hydrogens (tertiary/aromatic N) is 1. The van der Waals surface area contributed by atoms with Crippen molar-refractivity contribution in [3.8, 4) is 0 Å². The van der Waals surface area contributed by atoms with E-state index >= 15 is 0 Å². The Morgan fingerprint density at radius 1 is 1.29 bits per heavy atom. The highest BCUT2D eigenvalue weighted by Gasteiger charge is 2.35. The van der Waals surface area contributed by atoms with E-state index in [1.54, 1.807) is 36.3 Å². The first-order valence-corrected chi connectivity index (χ1v) is 7.91. The Morgan fingerprint density at radius 2 is 2.04 bits per heavy atom. The Bertz CT molecular complexity index is 717. The minimum absolute atomic E-state index is 0.140. The fourth-order valence-corrected chi connectivity index (χ4v) is 3.17. The molecule has 2 aromatic rings. The molecule has 1 fully saturated rings. The van der Waals surface area contributed by atoms with Crippen LogP contribution in [0.25, 0.3) is 0 Å². The highest BCUT2D eigenvalue weighted by atomic mass is 19.1. The van der Waals surface area contributed by atoms with Crippen molar-refractivity contribution >= 4 is 5.91 Å². The van der Waals surface area contributed by atoms with Gasteiger partial charge in [0.05, 0.1) is 18.8 Å². The summed E-state index contributed by atoms with van der Waals surface area (Å²) >= 11 is 0. The number of hydrogen-bond donors (Lipinski definition) is 1. The second-order valence-corrected chi connectivity index (χ2v) is 6.05. The summed E-state index contributed by atoms with van der Waals surface area (Å²) in [5.74, 6) is -0.457. The molecule has 1 saturated heterocycles. The van der Waals surface area contributed by atoms with Gasteiger partial charge in [-0.05, 0) is 41.8 Å². The summed E-state index contributed by atoms with van der Waals surface area (Å²) in [7, 11) is 1.61. The van der Waals surface area contributed by atoms with Crippen LogP contribution in [-0.4, -0.2) is 35.7 Å². The molecule has 0 aliphatic carbocycles. The van der Waals surface area contributed by atoms with Crippen molar-refractivity contribution in [3.63, 3.8) is 0 Å². The van der Waals surface area contributed by atoms with E-state index in [1.165, 1.54) is 12.1 Å². The highest BCUT2D eigenvalue weighted by molar-refractivity contribution is 5.95. The van der Waals surface area contributed by atoms with Gasteiger partial charge in [0.1, 0.15) is 5.82 Å². The van der Waals surface area contributed by atoms with Gasteiger partial charge in [0.25, 0.3) is 5.91 Å². The summed E-state index contributed by atoms with van der Waals surface area (Å²) < 4.78 is 18.3. The maximum absolute atomic E-state index is 13.1. The first-order chi connectivity index (χ1) is 11.6. The summed E-state index contributed by atoms with van der Waals surface area (Å²) in [6, 6.07) is 13.1. The van der Waals surface area contributed by atoms with Gasteiger partial charge < -0.3 is 14.7 Å². The molecule has 0 bridgehead atoms. The Labute approximate surface area is 140 Å². The molecule has 1 N–H and O–H groups in total. The number of halogens is 1. The van der Waals surface area contributed by atoms with Crippen LogP contribution in [0.4, 0.5) is 4.39 Å². The molecule has 0 radical (unpaired) electrons. The van der Waals surface area contributed by atoms with E-state index in [4.69, 9.17) is 4.74 Å². The smallest absolute Gasteiger partial charge is 0.254 e. The maximum Gasteiger partial charge on any atom is 0.254 e. The molecular weight excluding hydrogens is 309 g/mol. The summed E-state index contributed by atoms with van der Waals surface area (Å²) in [5, 5.41) is 10.0. The topological polar surface area (TPSA) is 49.8 Å². The molecule has 4 nitrogen and oxygen atoms in total. The molecule has 126 valence electrons. The number of rotatable bonds is 4. The zero-order chi connectivity index (χ0) is 17.1. The van der Waals surface area contributed by atoms with Gasteiger partial charge in [0, 0.05) is 19.2 Å². The second kappa shape index (κ2) is 7.11. The molecule has 0 aromatic heterocycles. The standard InChI is InChI=1S/C19H20FNO3/c1-24-12-13-3-2-4-15(9-13)19(23)21-11-17(22)10-18(21)14-5-7-16(20)8-6-14/h2-9,17-18,22H,10-12H2,1H3/t17-,18+/m1/s1. The van der Waals surface area contributed by atoms with Gasteiger partial charge in [-0.15, -0.1) is 0 Å². The molecule has 5 heteroatoms. The Hall–Kier alpha value is -2.24. The van der Waals surface area contributed by atoms with E-state index in [-0.39, 0.29) is 24.3 Å². The number of benzene rings is 2. The molecule has 0 saturated carbocycles. The number of carbonyl (C=O) groups excluding carboxylic acids is 1. The van der Waals surface area contributed by atoms with Gasteiger partial charge in [-0.2, -0.15) is 0 Å². The van der Waals surface area contributed by atoms with Crippen LogP contribution in [0.15, 0.2) is 48.5 Å². The first kappa shape index (κ1) is 16.6. The van der Waals surface area contributed by atoms with Crippen LogP contribution in [-0.2, 0) is 11.3 Å². The predicted molar refractivity (Wildman–Crippen MR) is 88.0 cm³/mol. The number of likely N-dealkylation sites (tertiary alicyclic amines) is 1. The Balaban J connectivity index is 1.86. The second-order valence-electron chi connectivity index (χ2n) is 6.05. The van der Waals surface area contributed by atoms with Crippen molar-refractivity contribution in [2.75, 3.05) is 13.7 Å². The summed E-state index contributed by atoms with van der Waals surface area (Å²) in [6.07, 6.45) is -0.124. The van der Waals surface area contributed by atoms with Crippen LogP contribution in [0, 0.1) is 5.82 Å². The summed E-state index contributed by atoms with van der Waals surface area (Å²) in [4.78, 5) is 14.6. The van der Waals surface area contributed by atoms with Crippen LogP contribution < -0.4 is 0 Å². The Morgan fingerprint density at radius 3 is 2.75 bits per heavy atom. The third-order valence-corrected chi connectivity index (χ3v) is 4.28. The molecule has 2 atom stereocenters. The van der Waals surface area contributed by atoms with Crippen LogP contribution in [0.1, 0.15) is 33.9 Å². The number of β-amino-alcohol motifs (C(OH)–C–C–N with tert-alkyl or cyclic N) is 1. The van der Waals surface area contributed by atoms with Gasteiger partial charge in [-0.3, -0.25) is 4.79 Å². The number of amides is 1. The average Bonchev–Trinajstić information content (AvgIpc) is 2.97. The molecule has 0 unspecified atom stereocenters. The third kappa shape index (κ3) is 3.47. The highest BCUT2D eigenvalue weighted by Crippen LogP contribution is 2.33. The first-order valence-electron chi connectivity index (χ1n) is 7.91. The maximum atomic E-state index is 13.1. The number of methoxy groups -OCH3 is 1. The molecule has 2 aromatic carbocycles. The molecular formula is C19H20FNO3. The largest absolute Gasteiger partial charge is 0.391 e. The molecule has 0 spiro atoms. The van der Waals surface area contributed by atoms with Crippen molar-refractivity contribution in [1.29, 1.82) is 0 Å². The van der Waals surface area contributed by atoms with Crippen LogP contribution in [0.5, 0.6) is 0 Å². The van der Waals surface area contributed by atoms with Gasteiger partial charge >= 0.3 is 0 Å². The monoisotopic (exact) mass is 329 g/mol. The normalized spacial score (nSPS) is 20.4. The number of hydrogen-bond acceptors (Lipinski definition) is 3. The lowest BCUT2D eigenvalue weighted by atomic mass is 10.0. The number of ether oxygens (including phenoxy) is 1. The molecule has 3 rings (SSSR count). The van der Waals surface area contributed by atoms with Gasteiger partial charge in [0.2, 0.25) is 0 Å². The van der Waals surface area contributed by atoms with E-state index < -0.39 is 6.10 Å². The van der Waals surface area contributed by atoms with E-state index in [2.05, 4.69) is 0 Å². The van der Waals surface area contributed by atoms with E-state index in [0.29, 0.717) is 18.6 Å².